The summed E-state index contributed by atoms with van der Waals surface area (Å²) in [4.78, 5) is 25.0. The maximum atomic E-state index is 11.9. The minimum atomic E-state index is -0.189. The van der Waals surface area contributed by atoms with E-state index in [9.17, 15) is 9.59 Å². The summed E-state index contributed by atoms with van der Waals surface area (Å²) in [5.41, 5.74) is 1.28. The first-order valence-corrected chi connectivity index (χ1v) is 6.12. The summed E-state index contributed by atoms with van der Waals surface area (Å²) in [6.45, 7) is 1.82. The number of hydrogen-bond donors (Lipinski definition) is 0. The minimum Gasteiger partial charge on any atom is -0.495 e. The SMILES string of the molecule is COc1cc(Cl)c(C)cc1N1C(=O)CCCC1=O. The molecule has 2 rings (SSSR count). The molecule has 1 fully saturated rings. The van der Waals surface area contributed by atoms with E-state index in [1.54, 1.807) is 12.1 Å². The molecule has 1 aliphatic rings. The lowest BCUT2D eigenvalue weighted by atomic mass is 10.1. The first-order valence-electron chi connectivity index (χ1n) is 5.74. The second-order valence-electron chi connectivity index (χ2n) is 4.25. The summed E-state index contributed by atoms with van der Waals surface area (Å²) in [7, 11) is 1.49. The van der Waals surface area contributed by atoms with Gasteiger partial charge in [0.15, 0.2) is 0 Å². The summed E-state index contributed by atoms with van der Waals surface area (Å²) < 4.78 is 5.20. The van der Waals surface area contributed by atoms with Crippen LogP contribution in [-0.2, 0) is 9.59 Å². The Morgan fingerprint density at radius 1 is 1.22 bits per heavy atom. The smallest absolute Gasteiger partial charge is 0.233 e. The molecule has 18 heavy (non-hydrogen) atoms. The zero-order chi connectivity index (χ0) is 13.3. The monoisotopic (exact) mass is 267 g/mol. The normalized spacial score (nSPS) is 16.1. The van der Waals surface area contributed by atoms with Crippen LogP contribution in [0, 0.1) is 6.92 Å². The molecule has 5 heteroatoms. The largest absolute Gasteiger partial charge is 0.495 e. The van der Waals surface area contributed by atoms with E-state index in [-0.39, 0.29) is 11.8 Å². The van der Waals surface area contributed by atoms with Gasteiger partial charge in [0, 0.05) is 23.9 Å². The Hall–Kier alpha value is -1.55. The summed E-state index contributed by atoms with van der Waals surface area (Å²) in [6.07, 6.45) is 1.39. The first-order chi connectivity index (χ1) is 8.54. The fourth-order valence-corrected chi connectivity index (χ4v) is 2.16. The van der Waals surface area contributed by atoms with Crippen LogP contribution in [0.5, 0.6) is 5.75 Å². The summed E-state index contributed by atoms with van der Waals surface area (Å²) >= 11 is 6.01. The van der Waals surface area contributed by atoms with Crippen LogP contribution in [-0.4, -0.2) is 18.9 Å². The number of methoxy groups -OCH3 is 1. The first kappa shape index (κ1) is 12.9. The maximum absolute atomic E-state index is 11.9. The molecule has 96 valence electrons. The van der Waals surface area contributed by atoms with Gasteiger partial charge < -0.3 is 4.74 Å². The molecule has 0 N–H and O–H groups in total. The van der Waals surface area contributed by atoms with Gasteiger partial charge in [0.1, 0.15) is 5.75 Å². The molecule has 1 aromatic carbocycles. The van der Waals surface area contributed by atoms with Crippen molar-refractivity contribution in [3.8, 4) is 5.75 Å². The standard InChI is InChI=1S/C13H14ClNO3/c1-8-6-10(11(18-2)7-9(8)14)15-12(16)4-3-5-13(15)17/h6-7H,3-5H2,1-2H3. The highest BCUT2D eigenvalue weighted by molar-refractivity contribution is 6.31. The van der Waals surface area contributed by atoms with Crippen LogP contribution in [0.25, 0.3) is 0 Å². The number of hydrogen-bond acceptors (Lipinski definition) is 3. The number of anilines is 1. The van der Waals surface area contributed by atoms with Crippen molar-refractivity contribution in [2.24, 2.45) is 0 Å². The van der Waals surface area contributed by atoms with Crippen LogP contribution in [0.15, 0.2) is 12.1 Å². The van der Waals surface area contributed by atoms with Crippen LogP contribution in [0.3, 0.4) is 0 Å². The molecule has 0 spiro atoms. The van der Waals surface area contributed by atoms with Gasteiger partial charge in [-0.3, -0.25) is 9.59 Å². The second kappa shape index (κ2) is 4.98. The molecule has 0 unspecified atom stereocenters. The van der Waals surface area contributed by atoms with Gasteiger partial charge in [0.2, 0.25) is 11.8 Å². The highest BCUT2D eigenvalue weighted by Gasteiger charge is 2.29. The third-order valence-corrected chi connectivity index (χ3v) is 3.39. The Bertz CT molecular complexity index is 497. The molecule has 1 saturated heterocycles. The Labute approximate surface area is 110 Å². The van der Waals surface area contributed by atoms with Gasteiger partial charge in [-0.2, -0.15) is 0 Å². The van der Waals surface area contributed by atoms with E-state index in [1.807, 2.05) is 6.92 Å². The molecule has 2 amide bonds. The predicted octanol–water partition coefficient (Wildman–Crippen LogP) is 2.70. The predicted molar refractivity (Wildman–Crippen MR) is 69.1 cm³/mol. The quantitative estimate of drug-likeness (QED) is 0.774. The van der Waals surface area contributed by atoms with Crippen LogP contribution in [0.1, 0.15) is 24.8 Å². The summed E-state index contributed by atoms with van der Waals surface area (Å²) in [5, 5.41) is 0.549. The van der Waals surface area contributed by atoms with Gasteiger partial charge in [-0.25, -0.2) is 4.90 Å². The molecule has 0 aliphatic carbocycles. The fourth-order valence-electron chi connectivity index (χ4n) is 2.01. The molecule has 1 heterocycles. The molecular weight excluding hydrogens is 254 g/mol. The van der Waals surface area contributed by atoms with Gasteiger partial charge in [0.25, 0.3) is 0 Å². The molecule has 0 bridgehead atoms. The number of piperidine rings is 1. The van der Waals surface area contributed by atoms with Crippen molar-refractivity contribution in [1.29, 1.82) is 0 Å². The van der Waals surface area contributed by atoms with E-state index in [4.69, 9.17) is 16.3 Å². The number of rotatable bonds is 2. The molecule has 0 atom stereocenters. The Balaban J connectivity index is 2.51. The number of halogens is 1. The molecule has 0 aromatic heterocycles. The van der Waals surface area contributed by atoms with E-state index < -0.39 is 0 Å². The summed E-state index contributed by atoms with van der Waals surface area (Å²) in [6, 6.07) is 3.34. The third kappa shape index (κ3) is 2.20. The minimum absolute atomic E-state index is 0.189. The van der Waals surface area contributed by atoms with Gasteiger partial charge in [-0.05, 0) is 25.0 Å². The Morgan fingerprint density at radius 3 is 2.39 bits per heavy atom. The van der Waals surface area contributed by atoms with E-state index >= 15 is 0 Å². The van der Waals surface area contributed by atoms with Crippen molar-refractivity contribution in [1.82, 2.24) is 0 Å². The van der Waals surface area contributed by atoms with Crippen molar-refractivity contribution >= 4 is 29.1 Å². The van der Waals surface area contributed by atoms with Gasteiger partial charge in [0.05, 0.1) is 12.8 Å². The molecule has 0 saturated carbocycles. The Kier molecular flexibility index (Phi) is 3.57. The van der Waals surface area contributed by atoms with Crippen molar-refractivity contribution in [3.05, 3.63) is 22.7 Å². The number of carbonyl (C=O) groups excluding carboxylic acids is 2. The maximum Gasteiger partial charge on any atom is 0.233 e. The van der Waals surface area contributed by atoms with Crippen molar-refractivity contribution < 1.29 is 14.3 Å². The van der Waals surface area contributed by atoms with Crippen molar-refractivity contribution in [3.63, 3.8) is 0 Å². The number of aryl methyl sites for hydroxylation is 1. The van der Waals surface area contributed by atoms with Gasteiger partial charge in [-0.15, -0.1) is 0 Å². The van der Waals surface area contributed by atoms with Crippen LogP contribution in [0.2, 0.25) is 5.02 Å². The lowest BCUT2D eigenvalue weighted by molar-refractivity contribution is -0.129. The number of imide groups is 1. The van der Waals surface area contributed by atoms with E-state index in [1.165, 1.54) is 12.0 Å². The zero-order valence-corrected chi connectivity index (χ0v) is 11.1. The summed E-state index contributed by atoms with van der Waals surface area (Å²) in [5.74, 6) is 0.0618. The molecule has 1 aliphatic heterocycles. The highest BCUT2D eigenvalue weighted by Crippen LogP contribution is 2.35. The second-order valence-corrected chi connectivity index (χ2v) is 4.66. The average Bonchev–Trinajstić information content (AvgIpc) is 2.33. The van der Waals surface area contributed by atoms with Crippen LogP contribution < -0.4 is 9.64 Å². The lowest BCUT2D eigenvalue weighted by Crippen LogP contribution is -2.40. The van der Waals surface area contributed by atoms with Gasteiger partial charge >= 0.3 is 0 Å². The van der Waals surface area contributed by atoms with Crippen molar-refractivity contribution in [2.75, 3.05) is 12.0 Å². The number of nitrogens with zero attached hydrogens (tertiary/aromatic N) is 1. The van der Waals surface area contributed by atoms with Crippen LogP contribution >= 0.6 is 11.6 Å². The molecular formula is C13H14ClNO3. The number of amides is 2. The average molecular weight is 268 g/mol. The molecule has 0 radical (unpaired) electrons. The molecule has 4 nitrogen and oxygen atoms in total. The number of carbonyl (C=O) groups is 2. The van der Waals surface area contributed by atoms with E-state index in [2.05, 4.69) is 0 Å². The topological polar surface area (TPSA) is 46.6 Å². The Morgan fingerprint density at radius 2 is 1.83 bits per heavy atom. The molecule has 1 aromatic rings. The van der Waals surface area contributed by atoms with E-state index in [0.717, 1.165) is 5.56 Å². The number of benzene rings is 1. The fraction of sp³-hybridized carbons (Fsp3) is 0.385. The van der Waals surface area contributed by atoms with Crippen LogP contribution in [0.4, 0.5) is 5.69 Å². The highest BCUT2D eigenvalue weighted by atomic mass is 35.5. The number of ether oxygens (including phenoxy) is 1. The third-order valence-electron chi connectivity index (χ3n) is 2.98. The lowest BCUT2D eigenvalue weighted by Gasteiger charge is -2.26. The zero-order valence-electron chi connectivity index (χ0n) is 10.3. The van der Waals surface area contributed by atoms with E-state index in [0.29, 0.717) is 35.7 Å². The van der Waals surface area contributed by atoms with Gasteiger partial charge in [-0.1, -0.05) is 11.6 Å². The van der Waals surface area contributed by atoms with Crippen molar-refractivity contribution in [2.45, 2.75) is 26.2 Å².